The Kier molecular flexibility index (Phi) is 5.21. The molecule has 0 atom stereocenters. The largest absolute Gasteiger partial charge is 0.493 e. The first-order valence-electron chi connectivity index (χ1n) is 6.20. The summed E-state index contributed by atoms with van der Waals surface area (Å²) in [5.41, 5.74) is 5.73. The van der Waals surface area contributed by atoms with Gasteiger partial charge in [-0.05, 0) is 26.0 Å². The first-order valence-corrected chi connectivity index (χ1v) is 6.20. The second-order valence-corrected chi connectivity index (χ2v) is 5.05. The zero-order valence-corrected chi connectivity index (χ0v) is 12.6. The average Bonchev–Trinajstić information content (AvgIpc) is 2.41. The minimum atomic E-state index is -0.487. The molecule has 0 fully saturated rings. The second-order valence-electron chi connectivity index (χ2n) is 5.05. The number of methoxy groups -OCH3 is 3. The minimum absolute atomic E-state index is 0.277. The van der Waals surface area contributed by atoms with Gasteiger partial charge in [0.2, 0.25) is 5.75 Å². The normalized spacial score (nSPS) is 10.9. The lowest BCUT2D eigenvalue weighted by Gasteiger charge is -2.20. The van der Waals surface area contributed by atoms with Crippen molar-refractivity contribution in [3.63, 3.8) is 0 Å². The molecule has 1 aromatic rings. The molecular formula is C14H22N2O4. The Labute approximate surface area is 119 Å². The lowest BCUT2D eigenvalue weighted by molar-refractivity contribution is 0.0942. The smallest absolute Gasteiger partial charge is 0.255 e. The van der Waals surface area contributed by atoms with Gasteiger partial charge >= 0.3 is 0 Å². The van der Waals surface area contributed by atoms with Crippen LogP contribution in [0.5, 0.6) is 17.2 Å². The molecule has 0 aromatic heterocycles. The summed E-state index contributed by atoms with van der Waals surface area (Å²) in [4.78, 5) is 12.2. The Hall–Kier alpha value is -1.95. The summed E-state index contributed by atoms with van der Waals surface area (Å²) in [6.07, 6.45) is 0. The molecule has 3 N–H and O–H groups in total. The van der Waals surface area contributed by atoms with E-state index in [1.54, 1.807) is 12.1 Å². The summed E-state index contributed by atoms with van der Waals surface area (Å²) < 4.78 is 15.7. The quantitative estimate of drug-likeness (QED) is 0.818. The lowest BCUT2D eigenvalue weighted by Crippen LogP contribution is -2.45. The molecule has 1 aromatic carbocycles. The molecular weight excluding hydrogens is 260 g/mol. The molecule has 0 unspecified atom stereocenters. The Bertz CT molecular complexity index is 481. The molecule has 0 aliphatic carbocycles. The average molecular weight is 282 g/mol. The topological polar surface area (TPSA) is 82.8 Å². The van der Waals surface area contributed by atoms with E-state index in [-0.39, 0.29) is 5.91 Å². The van der Waals surface area contributed by atoms with Crippen LogP contribution in [0.2, 0.25) is 0 Å². The van der Waals surface area contributed by atoms with Gasteiger partial charge in [-0.25, -0.2) is 0 Å². The van der Waals surface area contributed by atoms with Crippen LogP contribution in [0.3, 0.4) is 0 Å². The molecule has 1 amide bonds. The molecule has 112 valence electrons. The standard InChI is InChI=1S/C14H22N2O4/c1-14(2,15)8-16-13(17)9-6-7-10(18-3)12(20-5)11(9)19-4/h6-7H,8,15H2,1-5H3,(H,16,17). The van der Waals surface area contributed by atoms with Crippen molar-refractivity contribution >= 4 is 5.91 Å². The fourth-order valence-electron chi connectivity index (χ4n) is 1.68. The molecule has 0 bridgehead atoms. The number of carbonyl (C=O) groups excluding carboxylic acids is 1. The number of ether oxygens (including phenoxy) is 3. The van der Waals surface area contributed by atoms with Crippen LogP contribution in [-0.4, -0.2) is 39.3 Å². The zero-order chi connectivity index (χ0) is 15.3. The van der Waals surface area contributed by atoms with E-state index in [9.17, 15) is 4.79 Å². The SMILES string of the molecule is COc1ccc(C(=O)NCC(C)(C)N)c(OC)c1OC. The maximum atomic E-state index is 12.2. The van der Waals surface area contributed by atoms with E-state index < -0.39 is 5.54 Å². The van der Waals surface area contributed by atoms with Crippen molar-refractivity contribution in [2.24, 2.45) is 5.73 Å². The van der Waals surface area contributed by atoms with Gasteiger partial charge in [-0.15, -0.1) is 0 Å². The van der Waals surface area contributed by atoms with Crippen LogP contribution < -0.4 is 25.3 Å². The van der Waals surface area contributed by atoms with Gasteiger partial charge in [0.05, 0.1) is 26.9 Å². The van der Waals surface area contributed by atoms with Crippen molar-refractivity contribution in [1.82, 2.24) is 5.32 Å². The summed E-state index contributed by atoms with van der Waals surface area (Å²) in [6, 6.07) is 3.28. The number of hydrogen-bond acceptors (Lipinski definition) is 5. The zero-order valence-electron chi connectivity index (χ0n) is 12.6. The number of nitrogens with one attached hydrogen (secondary N) is 1. The maximum Gasteiger partial charge on any atom is 0.255 e. The predicted octanol–water partition coefficient (Wildman–Crippen LogP) is 1.18. The number of carbonyl (C=O) groups is 1. The molecule has 0 aliphatic heterocycles. The van der Waals surface area contributed by atoms with E-state index in [1.165, 1.54) is 21.3 Å². The lowest BCUT2D eigenvalue weighted by atomic mass is 10.1. The highest BCUT2D eigenvalue weighted by molar-refractivity contribution is 5.98. The van der Waals surface area contributed by atoms with Crippen molar-refractivity contribution in [3.8, 4) is 17.2 Å². The van der Waals surface area contributed by atoms with Crippen LogP contribution in [0.4, 0.5) is 0 Å². The van der Waals surface area contributed by atoms with Crippen LogP contribution in [0.25, 0.3) is 0 Å². The number of hydrogen-bond donors (Lipinski definition) is 2. The molecule has 1 rings (SSSR count). The molecule has 6 nitrogen and oxygen atoms in total. The Morgan fingerprint density at radius 2 is 1.75 bits per heavy atom. The molecule has 0 heterocycles. The Morgan fingerprint density at radius 3 is 2.20 bits per heavy atom. The summed E-state index contributed by atoms with van der Waals surface area (Å²) in [7, 11) is 4.49. The van der Waals surface area contributed by atoms with E-state index >= 15 is 0 Å². The number of nitrogens with two attached hydrogens (primary N) is 1. The van der Waals surface area contributed by atoms with Gasteiger partial charge in [-0.3, -0.25) is 4.79 Å². The number of rotatable bonds is 6. The fraction of sp³-hybridized carbons (Fsp3) is 0.500. The number of benzene rings is 1. The fourth-order valence-corrected chi connectivity index (χ4v) is 1.68. The molecule has 0 aliphatic rings. The van der Waals surface area contributed by atoms with E-state index in [0.717, 1.165) is 0 Å². The highest BCUT2D eigenvalue weighted by Gasteiger charge is 2.21. The van der Waals surface area contributed by atoms with Gasteiger partial charge in [0.1, 0.15) is 0 Å². The van der Waals surface area contributed by atoms with E-state index in [0.29, 0.717) is 29.4 Å². The monoisotopic (exact) mass is 282 g/mol. The van der Waals surface area contributed by atoms with Gasteiger partial charge in [-0.1, -0.05) is 0 Å². The van der Waals surface area contributed by atoms with Crippen LogP contribution in [0, 0.1) is 0 Å². The van der Waals surface area contributed by atoms with Crippen molar-refractivity contribution < 1.29 is 19.0 Å². The summed E-state index contributed by atoms with van der Waals surface area (Å²) >= 11 is 0. The third-order valence-corrected chi connectivity index (χ3v) is 2.65. The summed E-state index contributed by atoms with van der Waals surface area (Å²) in [6.45, 7) is 4.02. The highest BCUT2D eigenvalue weighted by atomic mass is 16.5. The molecule has 0 spiro atoms. The molecule has 6 heteroatoms. The van der Waals surface area contributed by atoms with E-state index in [1.807, 2.05) is 13.8 Å². The van der Waals surface area contributed by atoms with E-state index in [2.05, 4.69) is 5.32 Å². The highest BCUT2D eigenvalue weighted by Crippen LogP contribution is 2.39. The maximum absolute atomic E-state index is 12.2. The molecule has 20 heavy (non-hydrogen) atoms. The second kappa shape index (κ2) is 6.47. The van der Waals surface area contributed by atoms with Crippen LogP contribution >= 0.6 is 0 Å². The van der Waals surface area contributed by atoms with Crippen molar-refractivity contribution in [3.05, 3.63) is 17.7 Å². The van der Waals surface area contributed by atoms with Crippen LogP contribution in [-0.2, 0) is 0 Å². The van der Waals surface area contributed by atoms with Gasteiger partial charge in [0.25, 0.3) is 5.91 Å². The minimum Gasteiger partial charge on any atom is -0.493 e. The first-order chi connectivity index (χ1) is 9.34. The molecule has 0 radical (unpaired) electrons. The van der Waals surface area contributed by atoms with Gasteiger partial charge in [0, 0.05) is 12.1 Å². The summed E-state index contributed by atoms with van der Waals surface area (Å²) in [5.74, 6) is 0.940. The van der Waals surface area contributed by atoms with Gasteiger partial charge in [0.15, 0.2) is 11.5 Å². The predicted molar refractivity (Wildman–Crippen MR) is 76.7 cm³/mol. The third-order valence-electron chi connectivity index (χ3n) is 2.65. The molecule has 0 saturated carbocycles. The number of amides is 1. The van der Waals surface area contributed by atoms with Crippen molar-refractivity contribution in [2.75, 3.05) is 27.9 Å². The van der Waals surface area contributed by atoms with Gasteiger partial charge in [-0.2, -0.15) is 0 Å². The molecule has 0 saturated heterocycles. The Balaban J connectivity index is 3.09. The first kappa shape index (κ1) is 16.1. The van der Waals surface area contributed by atoms with Crippen molar-refractivity contribution in [2.45, 2.75) is 19.4 Å². The van der Waals surface area contributed by atoms with Gasteiger partial charge < -0.3 is 25.3 Å². The van der Waals surface area contributed by atoms with Crippen LogP contribution in [0.15, 0.2) is 12.1 Å². The van der Waals surface area contributed by atoms with Crippen LogP contribution in [0.1, 0.15) is 24.2 Å². The third kappa shape index (κ3) is 3.77. The van der Waals surface area contributed by atoms with E-state index in [4.69, 9.17) is 19.9 Å². The van der Waals surface area contributed by atoms with Crippen molar-refractivity contribution in [1.29, 1.82) is 0 Å². The summed E-state index contributed by atoms with van der Waals surface area (Å²) in [5, 5.41) is 2.76. The Morgan fingerprint density at radius 1 is 1.15 bits per heavy atom.